The molecule has 0 aliphatic heterocycles. The van der Waals surface area contributed by atoms with E-state index in [2.05, 4.69) is 37.8 Å². The van der Waals surface area contributed by atoms with Crippen molar-refractivity contribution in [2.75, 3.05) is 10.0 Å². The van der Waals surface area contributed by atoms with Gasteiger partial charge in [-0.15, -0.1) is 0 Å². The highest BCUT2D eigenvalue weighted by Crippen LogP contribution is 2.19. The molecule has 26 heavy (non-hydrogen) atoms. The fraction of sp³-hybridized carbons (Fsp3) is 0.0588. The molecule has 3 aromatic rings. The summed E-state index contributed by atoms with van der Waals surface area (Å²) in [6.07, 6.45) is 0. The molecule has 0 saturated heterocycles. The lowest BCUT2D eigenvalue weighted by Gasteiger charge is -2.08. The lowest BCUT2D eigenvalue weighted by Crippen LogP contribution is -2.14. The minimum atomic E-state index is -3.79. The van der Waals surface area contributed by atoms with E-state index in [0.29, 0.717) is 17.0 Å². The molecule has 3 rings (SSSR count). The molecule has 0 aliphatic rings. The molecule has 0 bridgehead atoms. The maximum Gasteiger partial charge on any atom is 0.263 e. The van der Waals surface area contributed by atoms with Gasteiger partial charge in [0.1, 0.15) is 5.76 Å². The number of carbonyl (C=O) groups is 1. The third-order valence-electron chi connectivity index (χ3n) is 3.38. The van der Waals surface area contributed by atoms with Gasteiger partial charge in [-0.2, -0.15) is 0 Å². The number of aromatic nitrogens is 1. The van der Waals surface area contributed by atoms with Crippen LogP contribution in [0.1, 0.15) is 16.1 Å². The molecule has 0 radical (unpaired) electrons. The van der Waals surface area contributed by atoms with Gasteiger partial charge in [0.25, 0.3) is 15.9 Å². The average Bonchev–Trinajstić information content (AvgIpc) is 2.99. The summed E-state index contributed by atoms with van der Waals surface area (Å²) in [5.74, 6) is 0.338. The van der Waals surface area contributed by atoms with Crippen LogP contribution in [0, 0.1) is 10.5 Å². The monoisotopic (exact) mass is 483 g/mol. The summed E-state index contributed by atoms with van der Waals surface area (Å²) in [5, 5.41) is 6.33. The highest BCUT2D eigenvalue weighted by molar-refractivity contribution is 14.1. The van der Waals surface area contributed by atoms with Crippen molar-refractivity contribution in [3.8, 4) is 0 Å². The Bertz CT molecular complexity index is 1050. The molecule has 0 spiro atoms. The molecule has 0 aliphatic carbocycles. The molecule has 2 aromatic carbocycles. The van der Waals surface area contributed by atoms with Crippen LogP contribution in [0.5, 0.6) is 0 Å². The number of sulfonamides is 1. The molecule has 0 saturated carbocycles. The van der Waals surface area contributed by atoms with Gasteiger partial charge >= 0.3 is 0 Å². The Morgan fingerprint density at radius 2 is 1.85 bits per heavy atom. The van der Waals surface area contributed by atoms with E-state index >= 15 is 0 Å². The van der Waals surface area contributed by atoms with E-state index in [-0.39, 0.29) is 16.6 Å². The van der Waals surface area contributed by atoms with Crippen LogP contribution < -0.4 is 10.0 Å². The summed E-state index contributed by atoms with van der Waals surface area (Å²) in [6.45, 7) is 1.66. The zero-order chi connectivity index (χ0) is 18.7. The summed E-state index contributed by atoms with van der Waals surface area (Å²) in [5.41, 5.74) is 1.02. The van der Waals surface area contributed by atoms with Gasteiger partial charge in [0.05, 0.1) is 4.90 Å². The highest BCUT2D eigenvalue weighted by Gasteiger charge is 2.16. The summed E-state index contributed by atoms with van der Waals surface area (Å²) in [6, 6.07) is 14.5. The van der Waals surface area contributed by atoms with E-state index < -0.39 is 10.0 Å². The van der Waals surface area contributed by atoms with Gasteiger partial charge in [0.15, 0.2) is 5.82 Å². The molecule has 1 amide bonds. The smallest absolute Gasteiger partial charge is 0.263 e. The second-order valence-corrected chi connectivity index (χ2v) is 8.35. The molecule has 1 aromatic heterocycles. The number of benzene rings is 2. The van der Waals surface area contributed by atoms with Crippen molar-refractivity contribution in [2.45, 2.75) is 11.8 Å². The van der Waals surface area contributed by atoms with Crippen molar-refractivity contribution < 1.29 is 17.7 Å². The first-order chi connectivity index (χ1) is 12.3. The topological polar surface area (TPSA) is 101 Å². The Morgan fingerprint density at radius 1 is 1.12 bits per heavy atom. The zero-order valence-corrected chi connectivity index (χ0v) is 16.5. The SMILES string of the molecule is Cc1cc(NS(=O)(=O)c2ccc(NC(=O)c3cccc(I)c3)cc2)no1. The first-order valence-corrected chi connectivity index (χ1v) is 10.0. The van der Waals surface area contributed by atoms with Gasteiger partial charge in [-0.05, 0) is 72.0 Å². The Hall–Kier alpha value is -2.40. The van der Waals surface area contributed by atoms with E-state index in [0.717, 1.165) is 3.57 Å². The van der Waals surface area contributed by atoms with Crippen molar-refractivity contribution in [1.82, 2.24) is 5.16 Å². The van der Waals surface area contributed by atoms with Crippen LogP contribution in [0.3, 0.4) is 0 Å². The third kappa shape index (κ3) is 4.41. The summed E-state index contributed by atoms with van der Waals surface area (Å²) < 4.78 is 32.8. The van der Waals surface area contributed by atoms with Gasteiger partial charge < -0.3 is 9.84 Å². The molecular formula is C17H14IN3O4S. The maximum atomic E-state index is 12.3. The molecule has 0 unspecified atom stereocenters. The number of carbonyl (C=O) groups excluding carboxylic acids is 1. The van der Waals surface area contributed by atoms with Gasteiger partial charge in [0.2, 0.25) is 0 Å². The Morgan fingerprint density at radius 3 is 2.46 bits per heavy atom. The Labute approximate surface area is 164 Å². The molecule has 0 atom stereocenters. The molecule has 134 valence electrons. The van der Waals surface area contributed by atoms with Gasteiger partial charge in [-0.3, -0.25) is 9.52 Å². The van der Waals surface area contributed by atoms with Gasteiger partial charge in [0, 0.05) is 20.9 Å². The number of nitrogens with one attached hydrogen (secondary N) is 2. The Balaban J connectivity index is 1.72. The second-order valence-electron chi connectivity index (χ2n) is 5.42. The molecule has 9 heteroatoms. The van der Waals surface area contributed by atoms with Gasteiger partial charge in [-0.25, -0.2) is 8.42 Å². The first kappa shape index (κ1) is 18.4. The van der Waals surface area contributed by atoms with E-state index in [1.165, 1.54) is 30.3 Å². The van der Waals surface area contributed by atoms with Crippen LogP contribution >= 0.6 is 22.6 Å². The largest absolute Gasteiger partial charge is 0.360 e. The number of halogens is 1. The molecular weight excluding hydrogens is 469 g/mol. The van der Waals surface area contributed by atoms with E-state index in [9.17, 15) is 13.2 Å². The average molecular weight is 483 g/mol. The predicted molar refractivity (Wildman–Crippen MR) is 106 cm³/mol. The van der Waals surface area contributed by atoms with Crippen molar-refractivity contribution >= 4 is 50.0 Å². The quantitative estimate of drug-likeness (QED) is 0.540. The second kappa shape index (κ2) is 7.46. The number of hydrogen-bond donors (Lipinski definition) is 2. The normalized spacial score (nSPS) is 11.2. The zero-order valence-electron chi connectivity index (χ0n) is 13.6. The number of nitrogens with zero attached hydrogens (tertiary/aromatic N) is 1. The standard InChI is InChI=1S/C17H14IN3O4S/c1-11-9-16(20-25-11)21-26(23,24)15-7-5-14(6-8-15)19-17(22)12-3-2-4-13(18)10-12/h2-10H,1H3,(H,19,22)(H,20,21). The molecule has 7 nitrogen and oxygen atoms in total. The first-order valence-electron chi connectivity index (χ1n) is 7.47. The van der Waals surface area contributed by atoms with Gasteiger partial charge in [-0.1, -0.05) is 11.2 Å². The van der Waals surface area contributed by atoms with E-state index in [4.69, 9.17) is 4.52 Å². The van der Waals surface area contributed by atoms with Crippen molar-refractivity contribution in [3.63, 3.8) is 0 Å². The van der Waals surface area contributed by atoms with E-state index in [1.54, 1.807) is 25.1 Å². The van der Waals surface area contributed by atoms with Crippen LogP contribution in [0.2, 0.25) is 0 Å². The van der Waals surface area contributed by atoms with Crippen LogP contribution in [0.15, 0.2) is 64.0 Å². The predicted octanol–water partition coefficient (Wildman–Crippen LogP) is 3.64. The number of hydrogen-bond acceptors (Lipinski definition) is 5. The lowest BCUT2D eigenvalue weighted by molar-refractivity contribution is 0.102. The molecule has 2 N–H and O–H groups in total. The van der Waals surface area contributed by atoms with Crippen molar-refractivity contribution in [1.29, 1.82) is 0 Å². The van der Waals surface area contributed by atoms with Crippen molar-refractivity contribution in [3.05, 3.63) is 69.5 Å². The van der Waals surface area contributed by atoms with Crippen LogP contribution in [-0.4, -0.2) is 19.5 Å². The molecule has 1 heterocycles. The maximum absolute atomic E-state index is 12.3. The van der Waals surface area contributed by atoms with Crippen LogP contribution in [-0.2, 0) is 10.0 Å². The number of aryl methyl sites for hydroxylation is 1. The lowest BCUT2D eigenvalue weighted by atomic mass is 10.2. The van der Waals surface area contributed by atoms with Crippen molar-refractivity contribution in [2.24, 2.45) is 0 Å². The summed E-state index contributed by atoms with van der Waals surface area (Å²) in [7, 11) is -3.79. The number of rotatable bonds is 5. The minimum absolute atomic E-state index is 0.0467. The fourth-order valence-corrected chi connectivity index (χ4v) is 3.69. The fourth-order valence-electron chi connectivity index (χ4n) is 2.16. The van der Waals surface area contributed by atoms with Crippen LogP contribution in [0.25, 0.3) is 0 Å². The minimum Gasteiger partial charge on any atom is -0.360 e. The summed E-state index contributed by atoms with van der Waals surface area (Å²) >= 11 is 2.13. The number of anilines is 2. The Kier molecular flexibility index (Phi) is 5.28. The third-order valence-corrected chi connectivity index (χ3v) is 5.42. The number of amides is 1. The van der Waals surface area contributed by atoms with E-state index in [1.807, 2.05) is 6.07 Å². The van der Waals surface area contributed by atoms with Crippen LogP contribution in [0.4, 0.5) is 11.5 Å². The molecule has 0 fully saturated rings. The highest BCUT2D eigenvalue weighted by atomic mass is 127. The summed E-state index contributed by atoms with van der Waals surface area (Å²) in [4.78, 5) is 12.3.